The molecule has 0 aromatic rings. The zero-order valence-corrected chi connectivity index (χ0v) is 11.0. The lowest BCUT2D eigenvalue weighted by Crippen LogP contribution is -2.31. The molecule has 1 fully saturated rings. The average Bonchev–Trinajstić information content (AvgIpc) is 2.62. The predicted octanol–water partition coefficient (Wildman–Crippen LogP) is 2.45. The molecule has 1 unspecified atom stereocenters. The normalized spacial score (nSPS) is 26.9. The summed E-state index contributed by atoms with van der Waals surface area (Å²) in [5, 5.41) is 5.24. The van der Waals surface area contributed by atoms with Crippen molar-refractivity contribution in [1.29, 1.82) is 0 Å². The first kappa shape index (κ1) is 12.2. The van der Waals surface area contributed by atoms with E-state index in [1.165, 1.54) is 5.75 Å². The van der Waals surface area contributed by atoms with Gasteiger partial charge >= 0.3 is 0 Å². The van der Waals surface area contributed by atoms with Gasteiger partial charge in [0.1, 0.15) is 0 Å². The molecule has 0 bridgehead atoms. The molecule has 1 rings (SSSR count). The smallest absolute Gasteiger partial charge is 0.156 e. The Balaban J connectivity index is 2.34. The summed E-state index contributed by atoms with van der Waals surface area (Å²) in [6, 6.07) is 0.614. The lowest BCUT2D eigenvalue weighted by Gasteiger charge is -2.13. The van der Waals surface area contributed by atoms with E-state index >= 15 is 0 Å². The van der Waals surface area contributed by atoms with Gasteiger partial charge in [0, 0.05) is 17.0 Å². The van der Waals surface area contributed by atoms with Gasteiger partial charge in [0.2, 0.25) is 0 Å². The van der Waals surface area contributed by atoms with Gasteiger partial charge < -0.3 is 5.32 Å². The Kier molecular flexibility index (Phi) is 5.17. The third-order valence-electron chi connectivity index (χ3n) is 2.41. The van der Waals surface area contributed by atoms with Gasteiger partial charge in [-0.2, -0.15) is 11.8 Å². The van der Waals surface area contributed by atoms with Gasteiger partial charge in [-0.25, -0.2) is 0 Å². The van der Waals surface area contributed by atoms with Crippen molar-refractivity contribution in [3.05, 3.63) is 0 Å². The molecule has 0 aliphatic carbocycles. The zero-order valence-electron chi connectivity index (χ0n) is 9.41. The maximum Gasteiger partial charge on any atom is 0.156 e. The topological polar surface area (TPSA) is 24.4 Å². The van der Waals surface area contributed by atoms with Crippen LogP contribution in [0.2, 0.25) is 0 Å². The lowest BCUT2D eigenvalue weighted by molar-refractivity contribution is 0.503. The number of nitrogens with one attached hydrogen (secondary N) is 1. The number of thioether (sulfide) groups is 2. The van der Waals surface area contributed by atoms with E-state index in [0.717, 1.165) is 11.7 Å². The lowest BCUT2D eigenvalue weighted by atomic mass is 10.1. The molecule has 0 radical (unpaired) electrons. The van der Waals surface area contributed by atoms with Crippen LogP contribution < -0.4 is 5.32 Å². The van der Waals surface area contributed by atoms with Crippen molar-refractivity contribution in [2.24, 2.45) is 10.9 Å². The van der Waals surface area contributed by atoms with Crippen LogP contribution in [-0.4, -0.2) is 35.0 Å². The largest absolute Gasteiger partial charge is 0.361 e. The second-order valence-corrected chi connectivity index (χ2v) is 6.28. The van der Waals surface area contributed by atoms with E-state index in [2.05, 4.69) is 37.3 Å². The first-order chi connectivity index (χ1) is 6.63. The first-order valence-electron chi connectivity index (χ1n) is 5.10. The highest BCUT2D eigenvalue weighted by Crippen LogP contribution is 2.19. The molecule has 1 N–H and O–H groups in total. The van der Waals surface area contributed by atoms with Crippen LogP contribution in [-0.2, 0) is 0 Å². The van der Waals surface area contributed by atoms with Gasteiger partial charge in [0.15, 0.2) is 5.17 Å². The quantitative estimate of drug-likeness (QED) is 0.806. The number of hydrogen-bond acceptors (Lipinski definition) is 3. The SMILES string of the molecule is CSC(C)CN=C1N[C@@H](C(C)C)CS1. The minimum Gasteiger partial charge on any atom is -0.361 e. The highest BCUT2D eigenvalue weighted by molar-refractivity contribution is 8.14. The van der Waals surface area contributed by atoms with Crippen LogP contribution in [0, 0.1) is 5.92 Å². The third kappa shape index (κ3) is 3.73. The van der Waals surface area contributed by atoms with Gasteiger partial charge in [-0.1, -0.05) is 32.5 Å². The molecule has 0 saturated carbocycles. The average molecular weight is 232 g/mol. The van der Waals surface area contributed by atoms with Crippen molar-refractivity contribution >= 4 is 28.7 Å². The molecule has 4 heteroatoms. The predicted molar refractivity (Wildman–Crippen MR) is 69.5 cm³/mol. The molecule has 0 aromatic heterocycles. The highest BCUT2D eigenvalue weighted by atomic mass is 32.2. The summed E-state index contributed by atoms with van der Waals surface area (Å²) in [4.78, 5) is 4.57. The van der Waals surface area contributed by atoms with Gasteiger partial charge in [-0.3, -0.25) is 4.99 Å². The summed E-state index contributed by atoms with van der Waals surface area (Å²) in [6.07, 6.45) is 2.14. The van der Waals surface area contributed by atoms with Crippen LogP contribution in [0.4, 0.5) is 0 Å². The Morgan fingerprint density at radius 3 is 2.79 bits per heavy atom. The Morgan fingerprint density at radius 1 is 1.57 bits per heavy atom. The maximum absolute atomic E-state index is 4.57. The molecule has 1 aliphatic heterocycles. The minimum absolute atomic E-state index is 0.614. The fraction of sp³-hybridized carbons (Fsp3) is 0.900. The van der Waals surface area contributed by atoms with Crippen molar-refractivity contribution in [2.45, 2.75) is 32.1 Å². The summed E-state index contributed by atoms with van der Waals surface area (Å²) >= 11 is 3.73. The summed E-state index contributed by atoms with van der Waals surface area (Å²) < 4.78 is 0. The van der Waals surface area contributed by atoms with Crippen LogP contribution >= 0.6 is 23.5 Å². The van der Waals surface area contributed by atoms with Crippen molar-refractivity contribution in [2.75, 3.05) is 18.6 Å². The number of hydrogen-bond donors (Lipinski definition) is 1. The molecule has 82 valence electrons. The number of amidine groups is 1. The molecular formula is C10H20N2S2. The van der Waals surface area contributed by atoms with Crippen LogP contribution in [0.25, 0.3) is 0 Å². The molecule has 1 saturated heterocycles. The van der Waals surface area contributed by atoms with E-state index in [1.54, 1.807) is 0 Å². The summed E-state index contributed by atoms with van der Waals surface area (Å²) in [6.45, 7) is 7.66. The van der Waals surface area contributed by atoms with E-state index in [0.29, 0.717) is 17.2 Å². The zero-order chi connectivity index (χ0) is 10.6. The van der Waals surface area contributed by atoms with Crippen molar-refractivity contribution in [3.8, 4) is 0 Å². The maximum atomic E-state index is 4.57. The molecule has 2 nitrogen and oxygen atoms in total. The minimum atomic E-state index is 0.614. The van der Waals surface area contributed by atoms with Crippen molar-refractivity contribution < 1.29 is 0 Å². The second-order valence-electron chi connectivity index (χ2n) is 4.00. The van der Waals surface area contributed by atoms with E-state index in [1.807, 2.05) is 23.5 Å². The fourth-order valence-corrected chi connectivity index (χ4v) is 2.58. The molecule has 14 heavy (non-hydrogen) atoms. The van der Waals surface area contributed by atoms with Gasteiger partial charge in [0.25, 0.3) is 0 Å². The van der Waals surface area contributed by atoms with Gasteiger partial charge in [-0.15, -0.1) is 0 Å². The Labute approximate surface area is 95.7 Å². The van der Waals surface area contributed by atoms with E-state index in [-0.39, 0.29) is 0 Å². The third-order valence-corrected chi connectivity index (χ3v) is 4.41. The van der Waals surface area contributed by atoms with Crippen LogP contribution in [0.5, 0.6) is 0 Å². The van der Waals surface area contributed by atoms with Crippen molar-refractivity contribution in [1.82, 2.24) is 5.32 Å². The monoisotopic (exact) mass is 232 g/mol. The highest BCUT2D eigenvalue weighted by Gasteiger charge is 2.22. The molecule has 1 aliphatic rings. The van der Waals surface area contributed by atoms with E-state index in [9.17, 15) is 0 Å². The number of nitrogens with zero attached hydrogens (tertiary/aromatic N) is 1. The molecule has 1 heterocycles. The standard InChI is InChI=1S/C10H20N2S2/c1-7(2)9-6-14-10(12-9)11-5-8(3)13-4/h7-9H,5-6H2,1-4H3,(H,11,12)/t8?,9-/m1/s1. The Morgan fingerprint density at radius 2 is 2.29 bits per heavy atom. The first-order valence-corrected chi connectivity index (χ1v) is 7.37. The molecule has 0 spiro atoms. The second kappa shape index (κ2) is 5.91. The van der Waals surface area contributed by atoms with Crippen LogP contribution in [0.1, 0.15) is 20.8 Å². The summed E-state index contributed by atoms with van der Waals surface area (Å²) in [5.41, 5.74) is 0. The molecule has 0 amide bonds. The Bertz CT molecular complexity index is 204. The summed E-state index contributed by atoms with van der Waals surface area (Å²) in [5.74, 6) is 1.87. The molecule has 0 aromatic carbocycles. The van der Waals surface area contributed by atoms with Crippen molar-refractivity contribution in [3.63, 3.8) is 0 Å². The molecule has 2 atom stereocenters. The van der Waals surface area contributed by atoms with Crippen LogP contribution in [0.3, 0.4) is 0 Å². The molecular weight excluding hydrogens is 212 g/mol. The summed E-state index contributed by atoms with van der Waals surface area (Å²) in [7, 11) is 0. The fourth-order valence-electron chi connectivity index (χ4n) is 1.15. The van der Waals surface area contributed by atoms with E-state index < -0.39 is 0 Å². The number of aliphatic imine (C=N–C) groups is 1. The number of rotatable bonds is 4. The van der Waals surface area contributed by atoms with Gasteiger partial charge in [-0.05, 0) is 12.2 Å². The van der Waals surface area contributed by atoms with Crippen LogP contribution in [0.15, 0.2) is 4.99 Å². The van der Waals surface area contributed by atoms with E-state index in [4.69, 9.17) is 0 Å². The Hall–Kier alpha value is 0.170. The van der Waals surface area contributed by atoms with Gasteiger partial charge in [0.05, 0.1) is 6.54 Å².